The van der Waals surface area contributed by atoms with Crippen LogP contribution in [0.3, 0.4) is 0 Å². The fourth-order valence-corrected chi connectivity index (χ4v) is 1.06. The van der Waals surface area contributed by atoms with Gasteiger partial charge in [0.05, 0.1) is 5.02 Å². The highest BCUT2D eigenvalue weighted by Gasteiger charge is 2.06. The van der Waals surface area contributed by atoms with Crippen molar-refractivity contribution in [3.05, 3.63) is 47.3 Å². The maximum atomic E-state index is 12.5. The van der Waals surface area contributed by atoms with Gasteiger partial charge < -0.3 is 0 Å². The summed E-state index contributed by atoms with van der Waals surface area (Å²) < 4.78 is 12.5. The maximum Gasteiger partial charge on any atom is 0.186 e. The van der Waals surface area contributed by atoms with Crippen LogP contribution in [0.1, 0.15) is 10.4 Å². The van der Waals surface area contributed by atoms with Crippen LogP contribution in [0.2, 0.25) is 5.02 Å². The number of rotatable bonds is 2. The van der Waals surface area contributed by atoms with Gasteiger partial charge in [0.1, 0.15) is 5.82 Å². The Morgan fingerprint density at radius 3 is 2.75 bits per heavy atom. The smallest absolute Gasteiger partial charge is 0.186 e. The summed E-state index contributed by atoms with van der Waals surface area (Å²) in [5.41, 5.74) is 0.271. The molecule has 0 aliphatic rings. The summed E-state index contributed by atoms with van der Waals surface area (Å²) in [6, 6.07) is 3.61. The Hall–Kier alpha value is -1.15. The van der Waals surface area contributed by atoms with E-state index >= 15 is 0 Å². The first-order valence-electron chi connectivity index (χ1n) is 3.27. The fourth-order valence-electron chi connectivity index (χ4n) is 0.799. The number of carbonyl (C=O) groups is 1. The molecule has 0 spiro atoms. The van der Waals surface area contributed by atoms with E-state index in [-0.39, 0.29) is 16.4 Å². The summed E-state index contributed by atoms with van der Waals surface area (Å²) in [5.74, 6) is -0.763. The van der Waals surface area contributed by atoms with Crippen LogP contribution >= 0.6 is 11.6 Å². The monoisotopic (exact) mass is 184 g/mol. The van der Waals surface area contributed by atoms with E-state index in [1.807, 2.05) is 0 Å². The molecule has 0 amide bonds. The second-order valence-electron chi connectivity index (χ2n) is 2.19. The molecule has 1 rings (SSSR count). The molecule has 1 aromatic rings. The number of halogens is 2. The number of benzene rings is 1. The zero-order valence-electron chi connectivity index (χ0n) is 6.18. The summed E-state index contributed by atoms with van der Waals surface area (Å²) in [7, 11) is 0. The molecule has 3 heteroatoms. The first kappa shape index (κ1) is 8.94. The SMILES string of the molecule is C=CC(=O)c1ccc(F)cc1Cl. The molecule has 0 bridgehead atoms. The maximum absolute atomic E-state index is 12.5. The Labute approximate surface area is 74.5 Å². The van der Waals surface area contributed by atoms with Gasteiger partial charge in [-0.25, -0.2) is 4.39 Å². The average Bonchev–Trinajstić information content (AvgIpc) is 2.03. The molecule has 1 aromatic carbocycles. The molecule has 62 valence electrons. The second-order valence-corrected chi connectivity index (χ2v) is 2.60. The van der Waals surface area contributed by atoms with E-state index in [0.717, 1.165) is 12.1 Å². The van der Waals surface area contributed by atoms with E-state index < -0.39 is 5.82 Å². The third-order valence-corrected chi connectivity index (χ3v) is 1.69. The van der Waals surface area contributed by atoms with Crippen LogP contribution in [0, 0.1) is 5.82 Å². The summed E-state index contributed by atoms with van der Waals surface area (Å²) in [6.07, 6.45) is 1.14. The Kier molecular flexibility index (Phi) is 2.61. The third-order valence-electron chi connectivity index (χ3n) is 1.38. The number of hydrogen-bond acceptors (Lipinski definition) is 1. The van der Waals surface area contributed by atoms with Crippen molar-refractivity contribution in [3.63, 3.8) is 0 Å². The van der Waals surface area contributed by atoms with Gasteiger partial charge in [0.2, 0.25) is 0 Å². The van der Waals surface area contributed by atoms with E-state index in [4.69, 9.17) is 11.6 Å². The molecule has 0 unspecified atom stereocenters. The lowest BCUT2D eigenvalue weighted by Gasteiger charge is -1.98. The molecule has 0 fully saturated rings. The van der Waals surface area contributed by atoms with E-state index in [9.17, 15) is 9.18 Å². The van der Waals surface area contributed by atoms with Gasteiger partial charge in [-0.3, -0.25) is 4.79 Å². The molecule has 0 aliphatic carbocycles. The summed E-state index contributed by atoms with van der Waals surface area (Å²) >= 11 is 5.59. The fraction of sp³-hybridized carbons (Fsp3) is 0. The molecular weight excluding hydrogens is 179 g/mol. The molecule has 12 heavy (non-hydrogen) atoms. The van der Waals surface area contributed by atoms with Crippen molar-refractivity contribution in [2.24, 2.45) is 0 Å². The third kappa shape index (κ3) is 1.71. The van der Waals surface area contributed by atoms with Crippen molar-refractivity contribution >= 4 is 17.4 Å². The van der Waals surface area contributed by atoms with Gasteiger partial charge in [-0.15, -0.1) is 0 Å². The van der Waals surface area contributed by atoms with Gasteiger partial charge in [0, 0.05) is 5.56 Å². The minimum atomic E-state index is -0.458. The average molecular weight is 185 g/mol. The zero-order valence-corrected chi connectivity index (χ0v) is 6.94. The van der Waals surface area contributed by atoms with Gasteiger partial charge in [-0.1, -0.05) is 18.2 Å². The van der Waals surface area contributed by atoms with Crippen molar-refractivity contribution in [3.8, 4) is 0 Å². The van der Waals surface area contributed by atoms with Crippen molar-refractivity contribution in [2.75, 3.05) is 0 Å². The molecule has 0 saturated carbocycles. The summed E-state index contributed by atoms with van der Waals surface area (Å²) in [6.45, 7) is 3.30. The highest BCUT2D eigenvalue weighted by atomic mass is 35.5. The van der Waals surface area contributed by atoms with Gasteiger partial charge >= 0.3 is 0 Å². The van der Waals surface area contributed by atoms with E-state index in [1.165, 1.54) is 12.1 Å². The molecular formula is C9H6ClFO. The van der Waals surface area contributed by atoms with Gasteiger partial charge in [0.15, 0.2) is 5.78 Å². The minimum Gasteiger partial charge on any atom is -0.289 e. The van der Waals surface area contributed by atoms with Crippen molar-refractivity contribution in [2.45, 2.75) is 0 Å². The van der Waals surface area contributed by atoms with E-state index in [0.29, 0.717) is 0 Å². The molecule has 1 nitrogen and oxygen atoms in total. The van der Waals surface area contributed by atoms with Crippen LogP contribution in [-0.2, 0) is 0 Å². The Morgan fingerprint density at radius 1 is 1.58 bits per heavy atom. The van der Waals surface area contributed by atoms with E-state index in [1.54, 1.807) is 0 Å². The molecule has 0 saturated heterocycles. The van der Waals surface area contributed by atoms with Gasteiger partial charge in [-0.2, -0.15) is 0 Å². The van der Waals surface area contributed by atoms with Crippen LogP contribution < -0.4 is 0 Å². The Balaban J connectivity index is 3.18. The van der Waals surface area contributed by atoms with Crippen molar-refractivity contribution < 1.29 is 9.18 Å². The van der Waals surface area contributed by atoms with Crippen LogP contribution in [-0.4, -0.2) is 5.78 Å². The first-order chi connectivity index (χ1) is 5.65. The zero-order chi connectivity index (χ0) is 9.14. The lowest BCUT2D eigenvalue weighted by Crippen LogP contribution is -1.94. The largest absolute Gasteiger partial charge is 0.289 e. The highest BCUT2D eigenvalue weighted by Crippen LogP contribution is 2.17. The summed E-state index contributed by atoms with van der Waals surface area (Å²) in [4.78, 5) is 11.0. The molecule has 0 heterocycles. The predicted molar refractivity (Wildman–Crippen MR) is 45.9 cm³/mol. The predicted octanol–water partition coefficient (Wildman–Crippen LogP) is 2.85. The quantitative estimate of drug-likeness (QED) is 0.510. The molecule has 0 aliphatic heterocycles. The highest BCUT2D eigenvalue weighted by molar-refractivity contribution is 6.34. The second kappa shape index (κ2) is 3.50. The first-order valence-corrected chi connectivity index (χ1v) is 3.65. The number of hydrogen-bond donors (Lipinski definition) is 0. The molecule has 0 N–H and O–H groups in total. The standard InChI is InChI=1S/C9H6ClFO/c1-2-9(12)7-4-3-6(11)5-8(7)10/h2-5H,1H2. The van der Waals surface area contributed by atoms with E-state index in [2.05, 4.69) is 6.58 Å². The number of ketones is 1. The lowest BCUT2D eigenvalue weighted by atomic mass is 10.1. The molecule has 0 radical (unpaired) electrons. The van der Waals surface area contributed by atoms with Crippen LogP contribution in [0.4, 0.5) is 4.39 Å². The Bertz CT molecular complexity index is 333. The topological polar surface area (TPSA) is 17.1 Å². The van der Waals surface area contributed by atoms with Crippen molar-refractivity contribution in [1.29, 1.82) is 0 Å². The van der Waals surface area contributed by atoms with Crippen LogP contribution in [0.25, 0.3) is 0 Å². The lowest BCUT2D eigenvalue weighted by molar-refractivity contribution is 0.104. The minimum absolute atomic E-state index is 0.111. The molecule has 0 atom stereocenters. The molecule has 0 aromatic heterocycles. The Morgan fingerprint density at radius 2 is 2.25 bits per heavy atom. The number of carbonyl (C=O) groups excluding carboxylic acids is 1. The normalized spacial score (nSPS) is 9.50. The number of allylic oxidation sites excluding steroid dienone is 1. The van der Waals surface area contributed by atoms with Gasteiger partial charge in [-0.05, 0) is 24.3 Å². The van der Waals surface area contributed by atoms with Crippen molar-refractivity contribution in [1.82, 2.24) is 0 Å². The van der Waals surface area contributed by atoms with Crippen LogP contribution in [0.15, 0.2) is 30.9 Å². The van der Waals surface area contributed by atoms with Crippen LogP contribution in [0.5, 0.6) is 0 Å². The summed E-state index contributed by atoms with van der Waals surface area (Å²) in [5, 5.41) is 0.111. The van der Waals surface area contributed by atoms with Gasteiger partial charge in [0.25, 0.3) is 0 Å².